The van der Waals surface area contributed by atoms with Gasteiger partial charge in [-0.1, -0.05) is 29.3 Å². The van der Waals surface area contributed by atoms with E-state index in [9.17, 15) is 9.50 Å². The molecule has 2 saturated heterocycles. The minimum Gasteiger partial charge on any atom is -0.508 e. The Morgan fingerprint density at radius 1 is 1.20 bits per heavy atom. The lowest BCUT2D eigenvalue weighted by Crippen LogP contribution is -2.43. The lowest BCUT2D eigenvalue weighted by molar-refractivity contribution is 0.107. The van der Waals surface area contributed by atoms with Gasteiger partial charge in [0.2, 0.25) is 5.88 Å². The van der Waals surface area contributed by atoms with Crippen LogP contribution in [0.1, 0.15) is 62.1 Å². The Balaban J connectivity index is 1.30. The van der Waals surface area contributed by atoms with Gasteiger partial charge in [-0.05, 0) is 68.8 Å². The van der Waals surface area contributed by atoms with E-state index < -0.39 is 17.5 Å². The number of aromatic hydroxyl groups is 1. The van der Waals surface area contributed by atoms with Crippen molar-refractivity contribution >= 4 is 39.9 Å². The van der Waals surface area contributed by atoms with Gasteiger partial charge in [-0.3, -0.25) is 4.90 Å². The van der Waals surface area contributed by atoms with E-state index in [1.54, 1.807) is 6.20 Å². The molecule has 240 valence electrons. The van der Waals surface area contributed by atoms with Gasteiger partial charge in [0.15, 0.2) is 5.82 Å². The molecule has 0 amide bonds. The number of hydrogen-bond acceptors (Lipinski definition) is 9. The van der Waals surface area contributed by atoms with E-state index >= 15 is 4.39 Å². The maximum atomic E-state index is 16.9. The quantitative estimate of drug-likeness (QED) is 0.208. The van der Waals surface area contributed by atoms with Gasteiger partial charge in [0, 0.05) is 35.3 Å². The molecule has 0 spiro atoms. The van der Waals surface area contributed by atoms with Crippen LogP contribution < -0.4 is 14.4 Å². The number of alkyl halides is 1. The third-order valence-electron chi connectivity index (χ3n) is 9.85. The minimum absolute atomic E-state index is 0.0220. The number of fused-ring (bicyclic) bond motifs is 1. The normalized spacial score (nSPS) is 23.3. The predicted molar refractivity (Wildman–Crippen MR) is 170 cm³/mol. The summed E-state index contributed by atoms with van der Waals surface area (Å²) >= 11 is 13.1. The van der Waals surface area contributed by atoms with E-state index in [2.05, 4.69) is 19.9 Å². The molecule has 4 aliphatic rings. The summed E-state index contributed by atoms with van der Waals surface area (Å²) in [4.78, 5) is 22.5. The van der Waals surface area contributed by atoms with Crippen LogP contribution in [0.3, 0.4) is 0 Å². The van der Waals surface area contributed by atoms with Crippen molar-refractivity contribution in [3.05, 3.63) is 57.6 Å². The van der Waals surface area contributed by atoms with Gasteiger partial charge in [0.05, 0.1) is 18.1 Å². The molecular formula is C33H32Cl2F2N6O3. The molecule has 3 atom stereocenters. The van der Waals surface area contributed by atoms with Crippen molar-refractivity contribution < 1.29 is 23.4 Å². The molecule has 3 aliphatic heterocycles. The van der Waals surface area contributed by atoms with Crippen LogP contribution in [-0.2, 0) is 0 Å². The van der Waals surface area contributed by atoms with Crippen LogP contribution in [0.15, 0.2) is 30.5 Å². The summed E-state index contributed by atoms with van der Waals surface area (Å²) in [6.07, 6.45) is 4.64. The molecule has 6 heterocycles. The molecule has 0 bridgehead atoms. The summed E-state index contributed by atoms with van der Waals surface area (Å²) < 4.78 is 43.9. The molecule has 9 nitrogen and oxygen atoms in total. The Kier molecular flexibility index (Phi) is 7.34. The van der Waals surface area contributed by atoms with Crippen molar-refractivity contribution in [1.29, 1.82) is 0 Å². The van der Waals surface area contributed by atoms with Crippen LogP contribution in [-0.4, -0.2) is 74.5 Å². The molecule has 4 aromatic rings. The molecule has 1 aliphatic carbocycles. The molecule has 13 heteroatoms. The second-order valence-electron chi connectivity index (χ2n) is 12.8. The first-order valence-electron chi connectivity index (χ1n) is 15.7. The van der Waals surface area contributed by atoms with Gasteiger partial charge in [-0.2, -0.15) is 9.97 Å². The second kappa shape index (κ2) is 11.3. The highest BCUT2D eigenvalue weighted by Gasteiger charge is 2.49. The first kappa shape index (κ1) is 29.8. The monoisotopic (exact) mass is 668 g/mol. The fourth-order valence-electron chi connectivity index (χ4n) is 7.49. The summed E-state index contributed by atoms with van der Waals surface area (Å²) in [5, 5.41) is 11.5. The first-order valence-corrected chi connectivity index (χ1v) is 16.4. The summed E-state index contributed by atoms with van der Waals surface area (Å²) in [6, 6.07) is 6.29. The largest absolute Gasteiger partial charge is 0.508 e. The van der Waals surface area contributed by atoms with E-state index in [0.29, 0.717) is 46.5 Å². The van der Waals surface area contributed by atoms with Gasteiger partial charge in [-0.15, -0.1) is 0 Å². The summed E-state index contributed by atoms with van der Waals surface area (Å²) in [5.74, 6) is -0.123. The fourth-order valence-corrected chi connectivity index (χ4v) is 8.14. The van der Waals surface area contributed by atoms with Crippen molar-refractivity contribution in [2.45, 2.75) is 62.7 Å². The topological polar surface area (TPSA) is 96.7 Å². The third-order valence-corrected chi connectivity index (χ3v) is 10.5. The predicted octanol–water partition coefficient (Wildman–Crippen LogP) is 7.03. The summed E-state index contributed by atoms with van der Waals surface area (Å²) in [5.41, 5.74) is 1.39. The van der Waals surface area contributed by atoms with Gasteiger partial charge in [0.1, 0.15) is 52.7 Å². The standard InChI is InChI=1S/C33H32Cl2F2N6O3/c1-17(21-4-2-8-38-29(21)35)43-10-11-45-31-25-28(26(37)27(39-31)22-12-20(44)13-23(34)24(22)18-5-6-18)40-32(41-30(25)43)46-16-33-7-3-9-42(33)15-19(36)14-33/h2,4,8,12-13,17-19,44H,3,5-7,9-11,14-16H2,1H3/t17-,19-,33+/m1/s1. The molecular weight excluding hydrogens is 637 g/mol. The van der Waals surface area contributed by atoms with Crippen LogP contribution in [0.4, 0.5) is 14.6 Å². The van der Waals surface area contributed by atoms with Crippen molar-refractivity contribution in [2.75, 3.05) is 37.7 Å². The van der Waals surface area contributed by atoms with Gasteiger partial charge in [0.25, 0.3) is 0 Å². The molecule has 1 N–H and O–H groups in total. The number of ether oxygens (including phenoxy) is 2. The number of nitrogens with zero attached hydrogens (tertiary/aromatic N) is 6. The smallest absolute Gasteiger partial charge is 0.319 e. The van der Waals surface area contributed by atoms with E-state index in [4.69, 9.17) is 37.7 Å². The van der Waals surface area contributed by atoms with Gasteiger partial charge < -0.3 is 19.5 Å². The Morgan fingerprint density at radius 3 is 2.85 bits per heavy atom. The average Bonchev–Trinajstić information content (AvgIpc) is 3.75. The molecule has 46 heavy (non-hydrogen) atoms. The molecule has 8 rings (SSSR count). The number of phenolic OH excluding ortho intramolecular Hbond substituents is 1. The number of rotatable bonds is 7. The Hall–Kier alpha value is -3.54. The van der Waals surface area contributed by atoms with Crippen molar-refractivity contribution in [2.24, 2.45) is 0 Å². The molecule has 3 fully saturated rings. The molecule has 0 radical (unpaired) electrons. The first-order chi connectivity index (χ1) is 22.2. The number of phenols is 1. The Bertz CT molecular complexity index is 1860. The zero-order valence-corrected chi connectivity index (χ0v) is 26.7. The number of halogens is 4. The van der Waals surface area contributed by atoms with Crippen molar-refractivity contribution in [3.8, 4) is 28.9 Å². The molecule has 0 unspecified atom stereocenters. The summed E-state index contributed by atoms with van der Waals surface area (Å²) in [6.45, 7) is 3.92. The number of hydrogen-bond donors (Lipinski definition) is 1. The van der Waals surface area contributed by atoms with E-state index in [0.717, 1.165) is 43.4 Å². The van der Waals surface area contributed by atoms with Crippen LogP contribution in [0.5, 0.6) is 17.6 Å². The highest BCUT2D eigenvalue weighted by atomic mass is 35.5. The summed E-state index contributed by atoms with van der Waals surface area (Å²) in [7, 11) is 0. The van der Waals surface area contributed by atoms with Crippen molar-refractivity contribution in [3.63, 3.8) is 0 Å². The average molecular weight is 670 g/mol. The van der Waals surface area contributed by atoms with Gasteiger partial charge in [-0.25, -0.2) is 18.7 Å². The Labute approximate surface area is 274 Å². The van der Waals surface area contributed by atoms with Crippen LogP contribution in [0, 0.1) is 5.82 Å². The van der Waals surface area contributed by atoms with E-state index in [-0.39, 0.29) is 54.0 Å². The number of anilines is 1. The van der Waals surface area contributed by atoms with Gasteiger partial charge >= 0.3 is 6.01 Å². The molecule has 1 saturated carbocycles. The van der Waals surface area contributed by atoms with Crippen LogP contribution >= 0.6 is 23.2 Å². The number of pyridine rings is 2. The second-order valence-corrected chi connectivity index (χ2v) is 13.5. The maximum Gasteiger partial charge on any atom is 0.319 e. The zero-order chi connectivity index (χ0) is 31.7. The minimum atomic E-state index is -0.924. The zero-order valence-electron chi connectivity index (χ0n) is 25.1. The Morgan fingerprint density at radius 2 is 2.04 bits per heavy atom. The number of benzene rings is 1. The highest BCUT2D eigenvalue weighted by Crippen LogP contribution is 2.50. The third kappa shape index (κ3) is 4.98. The lowest BCUT2D eigenvalue weighted by Gasteiger charge is -2.32. The van der Waals surface area contributed by atoms with Crippen molar-refractivity contribution in [1.82, 2.24) is 24.8 Å². The fraction of sp³-hybridized carbons (Fsp3) is 0.455. The highest BCUT2D eigenvalue weighted by molar-refractivity contribution is 6.32. The van der Waals surface area contributed by atoms with Crippen LogP contribution in [0.2, 0.25) is 10.2 Å². The van der Waals surface area contributed by atoms with E-state index in [1.165, 1.54) is 12.1 Å². The lowest BCUT2D eigenvalue weighted by atomic mass is 9.95. The molecule has 3 aromatic heterocycles. The van der Waals surface area contributed by atoms with Crippen LogP contribution in [0.25, 0.3) is 22.2 Å². The SMILES string of the molecule is C[C@H](c1cccnc1Cl)N1CCOc2nc(-c3cc(O)cc(Cl)c3C3CC3)c(F)c3nc(OC[C@@]45CCCN4C[C@H](F)C5)nc1c23. The van der Waals surface area contributed by atoms with E-state index in [1.807, 2.05) is 24.0 Å². The number of aromatic nitrogens is 4. The molecule has 1 aromatic carbocycles. The maximum absolute atomic E-state index is 16.9.